The van der Waals surface area contributed by atoms with Crippen LogP contribution in [0.4, 0.5) is 0 Å². The monoisotopic (exact) mass is 136 g/mol. The van der Waals surface area contributed by atoms with Crippen molar-refractivity contribution in [2.45, 2.75) is 12.3 Å². The van der Waals surface area contributed by atoms with E-state index in [-0.39, 0.29) is 13.2 Å². The van der Waals surface area contributed by atoms with Crippen LogP contribution in [0, 0.1) is 0 Å². The van der Waals surface area contributed by atoms with Gasteiger partial charge in [0.2, 0.25) is 0 Å². The lowest BCUT2D eigenvalue weighted by Gasteiger charge is -2.11. The molecule has 1 aliphatic heterocycles. The molecule has 0 aromatic heterocycles. The van der Waals surface area contributed by atoms with Crippen molar-refractivity contribution in [2.75, 3.05) is 13.2 Å². The Labute approximate surface area is 51.4 Å². The summed E-state index contributed by atoms with van der Waals surface area (Å²) < 4.78 is 8.61. The molecule has 0 bridgehead atoms. The molecule has 5 nitrogen and oxygen atoms in total. The Morgan fingerprint density at radius 1 is 1.56 bits per heavy atom. The first kappa shape index (κ1) is 6.91. The minimum absolute atomic E-state index is 0.00347. The normalized spacial score (nSPS) is 33.0. The van der Waals surface area contributed by atoms with Gasteiger partial charge < -0.3 is 20.1 Å². The van der Waals surface area contributed by atoms with Crippen molar-refractivity contribution < 1.29 is 24.8 Å². The van der Waals surface area contributed by atoms with E-state index in [2.05, 4.69) is 9.47 Å². The summed E-state index contributed by atoms with van der Waals surface area (Å²) in [6.07, 6.45) is -3.12. The summed E-state index contributed by atoms with van der Waals surface area (Å²) >= 11 is 0. The highest BCUT2D eigenvalue weighted by atomic mass is 17.0. The zero-order valence-electron chi connectivity index (χ0n) is 4.65. The molecular formula is C4H8O5. The summed E-state index contributed by atoms with van der Waals surface area (Å²) in [6.45, 7) is -0.271. The van der Waals surface area contributed by atoms with E-state index in [0.717, 1.165) is 0 Å². The first-order chi connectivity index (χ1) is 4.14. The highest BCUT2D eigenvalue weighted by Crippen LogP contribution is 2.16. The first-order valence-corrected chi connectivity index (χ1v) is 2.51. The summed E-state index contributed by atoms with van der Waals surface area (Å²) in [5.74, 6) is 0. The Morgan fingerprint density at radius 3 is 2.44 bits per heavy atom. The molecule has 0 aliphatic carbocycles. The van der Waals surface area contributed by atoms with Crippen LogP contribution >= 0.6 is 0 Å². The van der Waals surface area contributed by atoms with Crippen LogP contribution < -0.4 is 0 Å². The van der Waals surface area contributed by atoms with Gasteiger partial charge in [-0.25, -0.2) is 0 Å². The minimum atomic E-state index is -2.49. The van der Waals surface area contributed by atoms with Gasteiger partial charge in [0.05, 0.1) is 13.2 Å². The average molecular weight is 136 g/mol. The van der Waals surface area contributed by atoms with Gasteiger partial charge in [-0.1, -0.05) is 0 Å². The van der Waals surface area contributed by atoms with Crippen LogP contribution in [0.5, 0.6) is 0 Å². The molecule has 0 radical (unpaired) electrons. The lowest BCUT2D eigenvalue weighted by molar-refractivity contribution is -0.434. The lowest BCUT2D eigenvalue weighted by Crippen LogP contribution is -2.30. The molecule has 1 aliphatic rings. The quantitative estimate of drug-likeness (QED) is 0.363. The molecule has 1 saturated heterocycles. The minimum Gasteiger partial charge on any atom is -0.394 e. The number of aliphatic hydroxyl groups excluding tert-OH is 1. The topological polar surface area (TPSA) is 79.2 Å². The van der Waals surface area contributed by atoms with Crippen LogP contribution in [-0.4, -0.2) is 40.8 Å². The molecule has 1 atom stereocenters. The lowest BCUT2D eigenvalue weighted by atomic mass is 10.4. The predicted molar refractivity (Wildman–Crippen MR) is 25.1 cm³/mol. The molecule has 0 spiro atoms. The van der Waals surface area contributed by atoms with Crippen molar-refractivity contribution in [1.82, 2.24) is 0 Å². The van der Waals surface area contributed by atoms with Gasteiger partial charge in [-0.2, -0.15) is 0 Å². The number of rotatable bonds is 1. The summed E-state index contributed by atoms with van der Waals surface area (Å²) in [7, 11) is 0. The third-order valence-corrected chi connectivity index (χ3v) is 0.981. The molecule has 54 valence electrons. The summed E-state index contributed by atoms with van der Waals surface area (Å²) in [4.78, 5) is 0. The van der Waals surface area contributed by atoms with Crippen LogP contribution in [0.25, 0.3) is 0 Å². The molecule has 1 fully saturated rings. The van der Waals surface area contributed by atoms with Crippen molar-refractivity contribution in [3.63, 3.8) is 0 Å². The second-order valence-electron chi connectivity index (χ2n) is 1.78. The molecule has 1 unspecified atom stereocenters. The van der Waals surface area contributed by atoms with Crippen molar-refractivity contribution in [3.05, 3.63) is 0 Å². The molecule has 0 aromatic carbocycles. The largest absolute Gasteiger partial charge is 0.408 e. The maximum absolute atomic E-state index is 8.50. The van der Waals surface area contributed by atoms with E-state index in [0.29, 0.717) is 0 Å². The van der Waals surface area contributed by atoms with Crippen LogP contribution in [0.1, 0.15) is 0 Å². The number of hydrogen-bond acceptors (Lipinski definition) is 5. The summed E-state index contributed by atoms with van der Waals surface area (Å²) in [5.41, 5.74) is 0. The molecule has 3 N–H and O–H groups in total. The van der Waals surface area contributed by atoms with Gasteiger partial charge in [-0.15, -0.1) is 0 Å². The molecular weight excluding hydrogens is 128 g/mol. The Bertz CT molecular complexity index is 101. The molecule has 1 heterocycles. The second-order valence-corrected chi connectivity index (χ2v) is 1.78. The molecule has 0 aromatic rings. The molecule has 0 amide bonds. The van der Waals surface area contributed by atoms with E-state index >= 15 is 0 Å². The summed E-state index contributed by atoms with van der Waals surface area (Å²) in [5, 5.41) is 25.4. The van der Waals surface area contributed by atoms with Crippen molar-refractivity contribution in [1.29, 1.82) is 0 Å². The smallest absolute Gasteiger partial charge is 0.394 e. The van der Waals surface area contributed by atoms with Gasteiger partial charge in [0.1, 0.15) is 6.10 Å². The third kappa shape index (κ3) is 1.60. The van der Waals surface area contributed by atoms with Gasteiger partial charge in [0.15, 0.2) is 0 Å². The zero-order chi connectivity index (χ0) is 6.91. The van der Waals surface area contributed by atoms with Crippen molar-refractivity contribution >= 4 is 0 Å². The first-order valence-electron chi connectivity index (χ1n) is 2.51. The van der Waals surface area contributed by atoms with Gasteiger partial charge in [0.25, 0.3) is 0 Å². The molecule has 5 heteroatoms. The van der Waals surface area contributed by atoms with Gasteiger partial charge in [-0.3, -0.25) is 4.74 Å². The van der Waals surface area contributed by atoms with E-state index < -0.39 is 12.3 Å². The molecule has 1 rings (SSSR count). The molecule has 0 saturated carbocycles. The third-order valence-electron chi connectivity index (χ3n) is 0.981. The Hall–Kier alpha value is -0.200. The number of hydrogen-bond donors (Lipinski definition) is 3. The number of aliphatic hydroxyl groups is 3. The molecule has 9 heavy (non-hydrogen) atoms. The standard InChI is InChI=1S/C4H8O5/c5-1-3-2-8-4(6,7)9-3/h3,5-7H,1-2H2. The van der Waals surface area contributed by atoms with E-state index in [1.54, 1.807) is 0 Å². The second kappa shape index (κ2) is 2.20. The zero-order valence-corrected chi connectivity index (χ0v) is 4.65. The highest BCUT2D eigenvalue weighted by molar-refractivity contribution is 4.60. The van der Waals surface area contributed by atoms with Gasteiger partial charge in [-0.05, 0) is 0 Å². The Kier molecular flexibility index (Phi) is 1.69. The highest BCUT2D eigenvalue weighted by Gasteiger charge is 2.37. The fourth-order valence-corrected chi connectivity index (χ4v) is 0.577. The Balaban J connectivity index is 2.38. The van der Waals surface area contributed by atoms with E-state index in [4.69, 9.17) is 15.3 Å². The van der Waals surface area contributed by atoms with E-state index in [9.17, 15) is 0 Å². The van der Waals surface area contributed by atoms with Crippen LogP contribution in [0.3, 0.4) is 0 Å². The summed E-state index contributed by atoms with van der Waals surface area (Å²) in [6, 6.07) is 0. The van der Waals surface area contributed by atoms with Gasteiger partial charge in [0, 0.05) is 0 Å². The van der Waals surface area contributed by atoms with Crippen LogP contribution in [-0.2, 0) is 9.47 Å². The fraction of sp³-hybridized carbons (Fsp3) is 1.00. The SMILES string of the molecule is OCC1COC(O)(O)O1. The van der Waals surface area contributed by atoms with Crippen molar-refractivity contribution in [3.8, 4) is 0 Å². The maximum Gasteiger partial charge on any atom is 0.408 e. The van der Waals surface area contributed by atoms with Crippen molar-refractivity contribution in [2.24, 2.45) is 0 Å². The van der Waals surface area contributed by atoms with Crippen LogP contribution in [0.15, 0.2) is 0 Å². The van der Waals surface area contributed by atoms with E-state index in [1.807, 2.05) is 0 Å². The average Bonchev–Trinajstić information content (AvgIpc) is 2.10. The van der Waals surface area contributed by atoms with E-state index in [1.165, 1.54) is 0 Å². The predicted octanol–water partition coefficient (Wildman–Crippen LogP) is -2.01. The number of ether oxygens (including phenoxy) is 2. The van der Waals surface area contributed by atoms with Gasteiger partial charge >= 0.3 is 6.16 Å². The maximum atomic E-state index is 8.50. The fourth-order valence-electron chi connectivity index (χ4n) is 0.577. The van der Waals surface area contributed by atoms with Crippen LogP contribution in [0.2, 0.25) is 0 Å². The Morgan fingerprint density at radius 2 is 2.22 bits per heavy atom.